The van der Waals surface area contributed by atoms with Crippen molar-refractivity contribution >= 4 is 29.2 Å². The third-order valence-electron chi connectivity index (χ3n) is 2.36. The van der Waals surface area contributed by atoms with Gasteiger partial charge < -0.3 is 5.43 Å². The van der Waals surface area contributed by atoms with Crippen LogP contribution < -0.4 is 11.3 Å². The maximum Gasteiger partial charge on any atom is 0.147 e. The summed E-state index contributed by atoms with van der Waals surface area (Å²) in [6.45, 7) is 3.77. The third-order valence-corrected chi connectivity index (χ3v) is 3.68. The molecule has 0 spiro atoms. The average molecular weight is 281 g/mol. The summed E-state index contributed by atoms with van der Waals surface area (Å²) in [7, 11) is 0. The van der Waals surface area contributed by atoms with Crippen LogP contribution in [0.15, 0.2) is 34.2 Å². The molecule has 0 aliphatic rings. The first-order chi connectivity index (χ1) is 8.60. The molecule has 0 bridgehead atoms. The molecule has 0 saturated heterocycles. The molecule has 0 radical (unpaired) electrons. The van der Waals surface area contributed by atoms with Gasteiger partial charge in [0.1, 0.15) is 16.7 Å². The average Bonchev–Trinajstić information content (AvgIpc) is 2.33. The molecular formula is C12H13ClN4S. The summed E-state index contributed by atoms with van der Waals surface area (Å²) >= 11 is 7.50. The van der Waals surface area contributed by atoms with E-state index in [1.165, 1.54) is 0 Å². The molecule has 0 unspecified atom stereocenters. The Morgan fingerprint density at radius 3 is 2.72 bits per heavy atom. The number of nitrogens with zero attached hydrogens (tertiary/aromatic N) is 2. The molecule has 6 heteroatoms. The van der Waals surface area contributed by atoms with Gasteiger partial charge >= 0.3 is 0 Å². The van der Waals surface area contributed by atoms with Crippen LogP contribution in [0.5, 0.6) is 0 Å². The lowest BCUT2D eigenvalue weighted by molar-refractivity contribution is 0.935. The Bertz CT molecular complexity index is 574. The van der Waals surface area contributed by atoms with Gasteiger partial charge in [0.25, 0.3) is 0 Å². The molecule has 0 saturated carbocycles. The van der Waals surface area contributed by atoms with E-state index in [4.69, 9.17) is 17.4 Å². The highest BCUT2D eigenvalue weighted by molar-refractivity contribution is 7.99. The minimum Gasteiger partial charge on any atom is -0.308 e. The maximum atomic E-state index is 5.96. The molecule has 94 valence electrons. The monoisotopic (exact) mass is 280 g/mol. The topological polar surface area (TPSA) is 63.8 Å². The number of hydrogen-bond acceptors (Lipinski definition) is 5. The minimum atomic E-state index is 0.645. The Hall–Kier alpha value is -1.30. The van der Waals surface area contributed by atoms with Gasteiger partial charge in [0.2, 0.25) is 0 Å². The quantitative estimate of drug-likeness (QED) is 0.514. The number of nitrogens with one attached hydrogen (secondary N) is 1. The van der Waals surface area contributed by atoms with E-state index in [0.717, 1.165) is 15.5 Å². The zero-order chi connectivity index (χ0) is 13.1. The summed E-state index contributed by atoms with van der Waals surface area (Å²) in [5, 5.41) is 1.58. The maximum absolute atomic E-state index is 5.96. The van der Waals surface area contributed by atoms with Gasteiger partial charge in [-0.3, -0.25) is 0 Å². The molecule has 2 aromatic rings. The molecule has 3 N–H and O–H groups in total. The summed E-state index contributed by atoms with van der Waals surface area (Å²) in [4.78, 5) is 9.68. The van der Waals surface area contributed by atoms with E-state index in [1.54, 1.807) is 11.8 Å². The second-order valence-corrected chi connectivity index (χ2v) is 5.25. The lowest BCUT2D eigenvalue weighted by atomic mass is 10.3. The second kappa shape index (κ2) is 5.56. The molecule has 4 nitrogen and oxygen atoms in total. The van der Waals surface area contributed by atoms with Gasteiger partial charge in [-0.15, -0.1) is 0 Å². The van der Waals surface area contributed by atoms with E-state index in [2.05, 4.69) is 15.4 Å². The minimum absolute atomic E-state index is 0.645. The number of hydrazine groups is 1. The van der Waals surface area contributed by atoms with Gasteiger partial charge in [0.15, 0.2) is 0 Å². The Labute approximate surface area is 115 Å². The second-order valence-electron chi connectivity index (χ2n) is 3.75. The number of hydrogen-bond donors (Lipinski definition) is 2. The van der Waals surface area contributed by atoms with E-state index in [0.29, 0.717) is 16.7 Å². The zero-order valence-electron chi connectivity index (χ0n) is 10.1. The Balaban J connectivity index is 2.37. The highest BCUT2D eigenvalue weighted by Gasteiger charge is 2.09. The van der Waals surface area contributed by atoms with Crippen LogP contribution in [0.3, 0.4) is 0 Å². The van der Waals surface area contributed by atoms with Crippen LogP contribution in [0.4, 0.5) is 5.82 Å². The lowest BCUT2D eigenvalue weighted by Gasteiger charge is -2.10. The van der Waals surface area contributed by atoms with Crippen molar-refractivity contribution in [1.29, 1.82) is 0 Å². The molecular weight excluding hydrogens is 268 g/mol. The Kier molecular flexibility index (Phi) is 4.06. The van der Waals surface area contributed by atoms with Gasteiger partial charge in [-0.05, 0) is 32.0 Å². The summed E-state index contributed by atoms with van der Waals surface area (Å²) < 4.78 is 0. The number of aryl methyl sites for hydroxylation is 1. The number of nitrogen functional groups attached to an aromatic ring is 1. The molecule has 0 aliphatic heterocycles. The van der Waals surface area contributed by atoms with Crippen LogP contribution in [-0.2, 0) is 0 Å². The SMILES string of the molecule is Cc1nc(NN)c(C)c(Sc2cccc(Cl)c2)n1. The summed E-state index contributed by atoms with van der Waals surface area (Å²) in [5.41, 5.74) is 3.51. The van der Waals surface area contributed by atoms with E-state index < -0.39 is 0 Å². The fraction of sp³-hybridized carbons (Fsp3) is 0.167. The molecule has 2 rings (SSSR count). The van der Waals surface area contributed by atoms with Crippen molar-refractivity contribution in [3.05, 3.63) is 40.7 Å². The van der Waals surface area contributed by atoms with Gasteiger partial charge in [-0.25, -0.2) is 15.8 Å². The number of rotatable bonds is 3. The van der Waals surface area contributed by atoms with Crippen molar-refractivity contribution in [2.24, 2.45) is 5.84 Å². The largest absolute Gasteiger partial charge is 0.308 e. The van der Waals surface area contributed by atoms with Gasteiger partial charge in [0.05, 0.1) is 0 Å². The van der Waals surface area contributed by atoms with Crippen LogP contribution in [0, 0.1) is 13.8 Å². The molecule has 0 fully saturated rings. The summed E-state index contributed by atoms with van der Waals surface area (Å²) in [6, 6.07) is 7.65. The molecule has 1 aromatic carbocycles. The normalized spacial score (nSPS) is 10.4. The number of anilines is 1. The number of nitrogens with two attached hydrogens (primary N) is 1. The number of aromatic nitrogens is 2. The van der Waals surface area contributed by atoms with Crippen molar-refractivity contribution in [3.63, 3.8) is 0 Å². The van der Waals surface area contributed by atoms with E-state index in [9.17, 15) is 0 Å². The van der Waals surface area contributed by atoms with Gasteiger partial charge in [0, 0.05) is 15.5 Å². The highest BCUT2D eigenvalue weighted by Crippen LogP contribution is 2.32. The van der Waals surface area contributed by atoms with Crippen LogP contribution in [0.1, 0.15) is 11.4 Å². The highest BCUT2D eigenvalue weighted by atomic mass is 35.5. The smallest absolute Gasteiger partial charge is 0.147 e. The number of benzene rings is 1. The fourth-order valence-corrected chi connectivity index (χ4v) is 2.72. The zero-order valence-corrected chi connectivity index (χ0v) is 11.6. The summed E-state index contributed by atoms with van der Waals surface area (Å²) in [6.07, 6.45) is 0. The molecule has 0 aliphatic carbocycles. The van der Waals surface area contributed by atoms with Crippen LogP contribution in [0.25, 0.3) is 0 Å². The molecule has 0 amide bonds. The van der Waals surface area contributed by atoms with Crippen molar-refractivity contribution in [2.75, 3.05) is 5.43 Å². The first-order valence-electron chi connectivity index (χ1n) is 5.35. The van der Waals surface area contributed by atoms with Crippen LogP contribution >= 0.6 is 23.4 Å². The first kappa shape index (κ1) is 13.1. The van der Waals surface area contributed by atoms with Crippen LogP contribution in [-0.4, -0.2) is 9.97 Å². The predicted octanol–water partition coefficient (Wildman–Crippen LogP) is 3.18. The Morgan fingerprint density at radius 2 is 2.06 bits per heavy atom. The molecule has 1 heterocycles. The first-order valence-corrected chi connectivity index (χ1v) is 6.55. The lowest BCUT2D eigenvalue weighted by Crippen LogP contribution is -2.12. The fourth-order valence-electron chi connectivity index (χ4n) is 1.48. The van der Waals surface area contributed by atoms with Crippen molar-refractivity contribution < 1.29 is 0 Å². The van der Waals surface area contributed by atoms with E-state index in [1.807, 2.05) is 38.1 Å². The summed E-state index contributed by atoms with van der Waals surface area (Å²) in [5.74, 6) is 6.76. The van der Waals surface area contributed by atoms with Crippen LogP contribution in [0.2, 0.25) is 5.02 Å². The van der Waals surface area contributed by atoms with E-state index in [-0.39, 0.29) is 0 Å². The molecule has 0 atom stereocenters. The third kappa shape index (κ3) is 2.93. The number of halogens is 1. The Morgan fingerprint density at radius 1 is 1.28 bits per heavy atom. The van der Waals surface area contributed by atoms with Crippen molar-refractivity contribution in [3.8, 4) is 0 Å². The predicted molar refractivity (Wildman–Crippen MR) is 74.9 cm³/mol. The van der Waals surface area contributed by atoms with Crippen molar-refractivity contribution in [1.82, 2.24) is 9.97 Å². The standard InChI is InChI=1S/C12H13ClN4S/c1-7-11(17-14)15-8(2)16-12(7)18-10-5-3-4-9(13)6-10/h3-6H,14H2,1-2H3,(H,15,16,17). The molecule has 1 aromatic heterocycles. The molecule has 18 heavy (non-hydrogen) atoms. The van der Waals surface area contributed by atoms with Gasteiger partial charge in [-0.2, -0.15) is 0 Å². The van der Waals surface area contributed by atoms with Crippen molar-refractivity contribution in [2.45, 2.75) is 23.8 Å². The van der Waals surface area contributed by atoms with Gasteiger partial charge in [-0.1, -0.05) is 29.4 Å². The van der Waals surface area contributed by atoms with E-state index >= 15 is 0 Å².